The first-order chi connectivity index (χ1) is 20.5. The highest BCUT2D eigenvalue weighted by molar-refractivity contribution is 6.24. The number of nitrogens with two attached hydrogens (primary N) is 1. The lowest BCUT2D eigenvalue weighted by Gasteiger charge is -2.50. The summed E-state index contributed by atoms with van der Waals surface area (Å²) in [6.07, 6.45) is 5.14. The Hall–Kier alpha value is -4.06. The third-order valence-electron chi connectivity index (χ3n) is 9.58. The van der Waals surface area contributed by atoms with Crippen LogP contribution in [0, 0.1) is 11.8 Å². The molecule has 226 valence electrons. The molecule has 11 nitrogen and oxygen atoms in total. The number of pyridine rings is 1. The number of ketones is 2. The van der Waals surface area contributed by atoms with Gasteiger partial charge in [-0.25, -0.2) is 0 Å². The maximum Gasteiger partial charge on any atom is 0.255 e. The first kappa shape index (κ1) is 29.0. The molecule has 1 saturated carbocycles. The van der Waals surface area contributed by atoms with Gasteiger partial charge >= 0.3 is 0 Å². The van der Waals surface area contributed by atoms with Crippen molar-refractivity contribution in [1.82, 2.24) is 14.8 Å². The normalized spacial score (nSPS) is 27.7. The van der Waals surface area contributed by atoms with E-state index in [0.717, 1.165) is 32.4 Å². The largest absolute Gasteiger partial charge is 0.508 e. The van der Waals surface area contributed by atoms with Crippen LogP contribution in [0.5, 0.6) is 5.75 Å². The van der Waals surface area contributed by atoms with Crippen LogP contribution in [0.4, 0.5) is 0 Å². The van der Waals surface area contributed by atoms with Crippen LogP contribution in [0.2, 0.25) is 0 Å². The van der Waals surface area contributed by atoms with Crippen molar-refractivity contribution in [2.45, 2.75) is 50.3 Å². The van der Waals surface area contributed by atoms with Gasteiger partial charge in [0.15, 0.2) is 11.4 Å². The number of hydrogen-bond acceptors (Lipinski definition) is 10. The van der Waals surface area contributed by atoms with Crippen molar-refractivity contribution in [3.8, 4) is 17.0 Å². The Balaban J connectivity index is 1.56. The number of Topliss-reactive ketones (excluding diaryl/α,β-unsaturated/α-hetero) is 2. The van der Waals surface area contributed by atoms with Crippen LogP contribution >= 0.6 is 0 Å². The fourth-order valence-electron chi connectivity index (χ4n) is 7.60. The Morgan fingerprint density at radius 2 is 1.86 bits per heavy atom. The summed E-state index contributed by atoms with van der Waals surface area (Å²) in [6.45, 7) is 2.18. The average Bonchev–Trinajstić information content (AvgIpc) is 2.97. The van der Waals surface area contributed by atoms with Crippen molar-refractivity contribution in [1.29, 1.82) is 0 Å². The Kier molecular flexibility index (Phi) is 7.15. The molecule has 2 aromatic rings. The number of phenolic OH excluding ortho intramolecular Hbond substituents is 1. The van der Waals surface area contributed by atoms with Crippen LogP contribution in [-0.4, -0.2) is 91.5 Å². The number of aliphatic hydroxyl groups excluding tert-OH is 2. The number of fused-ring (bicyclic) bond motifs is 3. The molecule has 1 aromatic carbocycles. The zero-order valence-electron chi connectivity index (χ0n) is 24.2. The summed E-state index contributed by atoms with van der Waals surface area (Å²) >= 11 is 0. The SMILES string of the molecule is CN(C)[C@H]1C(=O)C(C(N)=O)=C(O)[C@@]2(O)C(=O)C3=C(O)c4c(O)c(CN5CCCCC5)cc(-c5ccccn5)c4C[C@H]3C[C@@H]12. The minimum atomic E-state index is -2.67. The van der Waals surface area contributed by atoms with Gasteiger partial charge in [-0.15, -0.1) is 0 Å². The number of likely N-dealkylation sites (tertiary alicyclic amines) is 1. The fourth-order valence-corrected chi connectivity index (χ4v) is 7.60. The molecule has 3 aliphatic carbocycles. The molecule has 2 heterocycles. The number of primary amides is 1. The Morgan fingerprint density at radius 1 is 1.14 bits per heavy atom. The Morgan fingerprint density at radius 3 is 2.49 bits per heavy atom. The van der Waals surface area contributed by atoms with Gasteiger partial charge in [-0.1, -0.05) is 12.5 Å². The van der Waals surface area contributed by atoms with Crippen LogP contribution in [-0.2, 0) is 27.3 Å². The van der Waals surface area contributed by atoms with E-state index in [9.17, 15) is 34.8 Å². The molecule has 1 saturated heterocycles. The second-order valence-corrected chi connectivity index (χ2v) is 12.3. The van der Waals surface area contributed by atoms with Crippen LogP contribution in [0.25, 0.3) is 17.0 Å². The lowest BCUT2D eigenvalue weighted by molar-refractivity contribution is -0.153. The van der Waals surface area contributed by atoms with Gasteiger partial charge in [-0.3, -0.25) is 29.2 Å². The summed E-state index contributed by atoms with van der Waals surface area (Å²) in [5.41, 5.74) is 4.37. The number of aromatic nitrogens is 1. The highest BCUT2D eigenvalue weighted by Crippen LogP contribution is 2.54. The van der Waals surface area contributed by atoms with Gasteiger partial charge in [0, 0.05) is 35.4 Å². The van der Waals surface area contributed by atoms with Gasteiger partial charge in [-0.05, 0) is 82.5 Å². The van der Waals surface area contributed by atoms with Crippen LogP contribution < -0.4 is 5.73 Å². The molecule has 4 atom stereocenters. The van der Waals surface area contributed by atoms with Gasteiger partial charge in [0.2, 0.25) is 5.78 Å². The van der Waals surface area contributed by atoms with Crippen molar-refractivity contribution < 1.29 is 34.8 Å². The molecule has 6 rings (SSSR count). The Labute approximate surface area is 248 Å². The van der Waals surface area contributed by atoms with Gasteiger partial charge in [0.25, 0.3) is 5.91 Å². The van der Waals surface area contributed by atoms with Gasteiger partial charge in [0.05, 0.1) is 17.3 Å². The number of piperidine rings is 1. The number of aromatic hydroxyl groups is 1. The minimum Gasteiger partial charge on any atom is -0.508 e. The first-order valence-corrected chi connectivity index (χ1v) is 14.6. The zero-order valence-corrected chi connectivity index (χ0v) is 24.2. The number of hydrogen-bond donors (Lipinski definition) is 5. The third-order valence-corrected chi connectivity index (χ3v) is 9.58. The number of aliphatic hydroxyl groups is 3. The molecule has 6 N–H and O–H groups in total. The molecule has 0 bridgehead atoms. The third kappa shape index (κ3) is 4.37. The molecule has 1 aromatic heterocycles. The van der Waals surface area contributed by atoms with E-state index >= 15 is 0 Å². The molecule has 0 unspecified atom stereocenters. The molecule has 2 fully saturated rings. The first-order valence-electron chi connectivity index (χ1n) is 14.6. The van der Waals surface area contributed by atoms with E-state index in [2.05, 4.69) is 9.88 Å². The molecular formula is C32H36N4O7. The standard InChI is InChI=1S/C32H36N4O7/c1-35(2)25-20-14-16-12-19-18(21-8-4-5-9-34-21)13-17(15-36-10-6-3-7-11-36)26(37)23(19)27(38)22(16)29(40)32(20,43)30(41)24(28(25)39)31(33)42/h4-5,8-9,13,16,20,25,37-38,41,43H,3,6-7,10-12,14-15H2,1-2H3,(H2,33,42)/t16-,20-,25+,32-/m0/s1. The van der Waals surface area contributed by atoms with Crippen molar-refractivity contribution >= 4 is 23.2 Å². The van der Waals surface area contributed by atoms with E-state index < -0.39 is 58.0 Å². The number of amides is 1. The summed E-state index contributed by atoms with van der Waals surface area (Å²) in [4.78, 5) is 48.0. The van der Waals surface area contributed by atoms with E-state index in [4.69, 9.17) is 5.73 Å². The maximum atomic E-state index is 14.2. The van der Waals surface area contributed by atoms with E-state index in [0.29, 0.717) is 28.9 Å². The second-order valence-electron chi connectivity index (χ2n) is 12.3. The lowest BCUT2D eigenvalue weighted by Crippen LogP contribution is -2.65. The summed E-state index contributed by atoms with van der Waals surface area (Å²) in [5.74, 6) is -6.59. The lowest BCUT2D eigenvalue weighted by atomic mass is 9.57. The quantitative estimate of drug-likeness (QED) is 0.325. The summed E-state index contributed by atoms with van der Waals surface area (Å²) in [7, 11) is 3.16. The molecule has 0 radical (unpaired) electrons. The maximum absolute atomic E-state index is 14.2. The second kappa shape index (κ2) is 10.6. The van der Waals surface area contributed by atoms with Gasteiger partial charge < -0.3 is 26.2 Å². The van der Waals surface area contributed by atoms with Crippen molar-refractivity contribution in [3.05, 3.63) is 64.1 Å². The smallest absolute Gasteiger partial charge is 0.255 e. The van der Waals surface area contributed by atoms with Gasteiger partial charge in [0.1, 0.15) is 22.8 Å². The fraction of sp³-hybridized carbons (Fsp3) is 0.438. The van der Waals surface area contributed by atoms with Gasteiger partial charge in [-0.2, -0.15) is 0 Å². The molecule has 0 spiro atoms. The molecule has 4 aliphatic rings. The summed E-state index contributed by atoms with van der Waals surface area (Å²) in [5, 5.41) is 46.4. The number of rotatable bonds is 5. The van der Waals surface area contributed by atoms with E-state index in [-0.39, 0.29) is 29.7 Å². The molecule has 1 amide bonds. The monoisotopic (exact) mass is 588 g/mol. The van der Waals surface area contributed by atoms with E-state index in [1.807, 2.05) is 18.2 Å². The average molecular weight is 589 g/mol. The van der Waals surface area contributed by atoms with Crippen LogP contribution in [0.3, 0.4) is 0 Å². The number of carbonyl (C=O) groups is 3. The van der Waals surface area contributed by atoms with Crippen molar-refractivity contribution in [3.63, 3.8) is 0 Å². The zero-order chi connectivity index (χ0) is 30.8. The summed E-state index contributed by atoms with van der Waals surface area (Å²) < 4.78 is 0. The molecule has 43 heavy (non-hydrogen) atoms. The molecule has 11 heteroatoms. The number of nitrogens with zero attached hydrogens (tertiary/aromatic N) is 3. The van der Waals surface area contributed by atoms with Crippen molar-refractivity contribution in [2.24, 2.45) is 17.6 Å². The predicted octanol–water partition coefficient (Wildman–Crippen LogP) is 2.01. The number of carbonyl (C=O) groups excluding carboxylic acids is 3. The number of benzene rings is 1. The predicted molar refractivity (Wildman–Crippen MR) is 157 cm³/mol. The topological polar surface area (TPSA) is 178 Å². The highest BCUT2D eigenvalue weighted by atomic mass is 16.3. The van der Waals surface area contributed by atoms with E-state index in [1.54, 1.807) is 26.4 Å². The van der Waals surface area contributed by atoms with Crippen LogP contribution in [0.1, 0.15) is 42.4 Å². The minimum absolute atomic E-state index is 0.0315. The molecular weight excluding hydrogens is 552 g/mol. The van der Waals surface area contributed by atoms with Crippen molar-refractivity contribution in [2.75, 3.05) is 27.2 Å². The summed E-state index contributed by atoms with van der Waals surface area (Å²) in [6, 6.07) is 6.25. The molecule has 1 aliphatic heterocycles. The van der Waals surface area contributed by atoms with Crippen LogP contribution in [0.15, 0.2) is 47.4 Å². The number of phenols is 1. The Bertz CT molecular complexity index is 1590. The highest BCUT2D eigenvalue weighted by Gasteiger charge is 2.64. The van der Waals surface area contributed by atoms with E-state index in [1.165, 1.54) is 4.90 Å². The number of likely N-dealkylation sites (N-methyl/N-ethyl adjacent to an activating group) is 1.